The monoisotopic (exact) mass is 718 g/mol. The highest BCUT2D eigenvalue weighted by molar-refractivity contribution is 5.94. The molecule has 0 saturated carbocycles. The first kappa shape index (κ1) is 39.6. The van der Waals surface area contributed by atoms with E-state index in [9.17, 15) is 50.1 Å². The molecule has 0 radical (unpaired) electrons. The van der Waals surface area contributed by atoms with E-state index in [1.165, 1.54) is 12.1 Å². The number of ether oxygens (including phenoxy) is 5. The van der Waals surface area contributed by atoms with Gasteiger partial charge in [0.05, 0.1) is 31.5 Å². The number of aliphatic carboxylic acids is 1. The Kier molecular flexibility index (Phi) is 13.8. The van der Waals surface area contributed by atoms with E-state index in [2.05, 4.69) is 16.6 Å². The van der Waals surface area contributed by atoms with Crippen molar-refractivity contribution in [3.8, 4) is 23.8 Å². The molecule has 2 fully saturated rings. The fourth-order valence-electron chi connectivity index (χ4n) is 5.56. The van der Waals surface area contributed by atoms with Gasteiger partial charge < -0.3 is 70.1 Å². The third-order valence-electron chi connectivity index (χ3n) is 8.22. The largest absolute Gasteiger partial charge is 0.477 e. The molecule has 17 heteroatoms. The van der Waals surface area contributed by atoms with Gasteiger partial charge in [-0.25, -0.2) is 4.79 Å². The lowest BCUT2D eigenvalue weighted by atomic mass is 9.88. The van der Waals surface area contributed by atoms with Crippen LogP contribution in [0.1, 0.15) is 30.1 Å². The number of para-hydroxylation sites is 1. The summed E-state index contributed by atoms with van der Waals surface area (Å²) in [6.07, 6.45) is -11.2. The summed E-state index contributed by atoms with van der Waals surface area (Å²) >= 11 is 0. The highest BCUT2D eigenvalue weighted by Gasteiger charge is 2.56. The van der Waals surface area contributed by atoms with E-state index in [1.807, 2.05) is 6.07 Å². The van der Waals surface area contributed by atoms with E-state index in [-0.39, 0.29) is 18.6 Å². The first-order chi connectivity index (χ1) is 24.3. The Labute approximate surface area is 292 Å². The molecule has 0 unspecified atom stereocenters. The molecule has 11 atom stereocenters. The van der Waals surface area contributed by atoms with Crippen LogP contribution in [-0.4, -0.2) is 140 Å². The van der Waals surface area contributed by atoms with Gasteiger partial charge in [0.15, 0.2) is 6.29 Å². The van der Waals surface area contributed by atoms with Crippen molar-refractivity contribution in [1.82, 2.24) is 10.6 Å². The molecule has 4 rings (SSSR count). The average molecular weight is 719 g/mol. The number of carbonyl (C=O) groups excluding carboxylic acids is 2. The fourth-order valence-corrected chi connectivity index (χ4v) is 5.56. The number of nitrogens with one attached hydrogen (secondary N) is 2. The lowest BCUT2D eigenvalue weighted by Gasteiger charge is -2.47. The van der Waals surface area contributed by atoms with Crippen LogP contribution in [0.25, 0.3) is 0 Å². The van der Waals surface area contributed by atoms with E-state index < -0.39 is 104 Å². The molecule has 0 aromatic heterocycles. The molecule has 0 aliphatic carbocycles. The Balaban J connectivity index is 1.46. The molecule has 0 spiro atoms. The molecule has 17 nitrogen and oxygen atoms in total. The molecule has 2 aliphatic heterocycles. The molecule has 51 heavy (non-hydrogen) atoms. The second-order valence-corrected chi connectivity index (χ2v) is 12.0. The summed E-state index contributed by atoms with van der Waals surface area (Å²) in [7, 11) is 0. The number of terminal acetylenes is 1. The van der Waals surface area contributed by atoms with Crippen LogP contribution in [0.15, 0.2) is 54.6 Å². The summed E-state index contributed by atoms with van der Waals surface area (Å²) in [5.41, 5.74) is 0.150. The lowest BCUT2D eigenvalue weighted by Crippen LogP contribution is -2.68. The molecule has 2 aliphatic rings. The van der Waals surface area contributed by atoms with Crippen LogP contribution in [0.2, 0.25) is 0 Å². The Bertz CT molecular complexity index is 1520. The molecule has 0 bridgehead atoms. The smallest absolute Gasteiger partial charge is 0.364 e. The van der Waals surface area contributed by atoms with E-state index in [0.29, 0.717) is 11.5 Å². The third kappa shape index (κ3) is 9.99. The number of carbonyl (C=O) groups is 3. The van der Waals surface area contributed by atoms with Crippen molar-refractivity contribution in [2.75, 3.05) is 19.8 Å². The van der Waals surface area contributed by atoms with Crippen LogP contribution in [0, 0.1) is 12.3 Å². The van der Waals surface area contributed by atoms with E-state index >= 15 is 0 Å². The van der Waals surface area contributed by atoms with E-state index in [1.54, 1.807) is 36.4 Å². The normalized spacial score (nSPS) is 30.3. The number of carboxylic acid groups (broad SMARTS) is 1. The Morgan fingerprint density at radius 1 is 1.02 bits per heavy atom. The molecule has 2 aromatic carbocycles. The predicted octanol–water partition coefficient (Wildman–Crippen LogP) is -1.77. The predicted molar refractivity (Wildman–Crippen MR) is 173 cm³/mol. The molecule has 2 heterocycles. The summed E-state index contributed by atoms with van der Waals surface area (Å²) in [5.74, 6) is -2.70. The van der Waals surface area contributed by atoms with Crippen molar-refractivity contribution < 1.29 is 73.8 Å². The minimum atomic E-state index is -2.76. The fraction of sp³-hybridized carbons (Fsp3) is 0.500. The highest BCUT2D eigenvalue weighted by Crippen LogP contribution is 2.35. The third-order valence-corrected chi connectivity index (χ3v) is 8.22. The summed E-state index contributed by atoms with van der Waals surface area (Å²) in [4.78, 5) is 37.6. The Morgan fingerprint density at radius 2 is 1.73 bits per heavy atom. The minimum Gasteiger partial charge on any atom is -0.477 e. The standard InChI is InChI=1S/C34H42N2O15/c1-3-4-13-47-32-29(43)28(42)27(41)24(50-32)17-48-34(33(45)46)15-22(38)25(36-18(2)37)30(51-34)26(40)23(39)16-35-31(44)19-9-8-12-21(14-19)49-20-10-6-5-7-11-20/h1,5-12,14,22-30,32,38-43H,4,13,15-17H2,2H3,(H,35,44)(H,36,37)(H,45,46)/t22-,23+,24+,25+,26+,27-,28-,29+,30+,32+,34-/m0/s1. The first-order valence-corrected chi connectivity index (χ1v) is 16.0. The van der Waals surface area contributed by atoms with Crippen molar-refractivity contribution in [3.05, 3.63) is 60.2 Å². The number of hydrogen-bond acceptors (Lipinski definition) is 14. The number of aliphatic hydroxyl groups is 6. The van der Waals surface area contributed by atoms with Crippen molar-refractivity contribution >= 4 is 17.8 Å². The van der Waals surface area contributed by atoms with Gasteiger partial charge in [-0.1, -0.05) is 24.3 Å². The minimum absolute atomic E-state index is 0.0784. The van der Waals surface area contributed by atoms with Crippen molar-refractivity contribution in [1.29, 1.82) is 0 Å². The zero-order chi connectivity index (χ0) is 37.3. The summed E-state index contributed by atoms with van der Waals surface area (Å²) in [6, 6.07) is 13.5. The second kappa shape index (κ2) is 17.8. The van der Waals surface area contributed by atoms with Crippen LogP contribution in [0.5, 0.6) is 11.5 Å². The van der Waals surface area contributed by atoms with Gasteiger partial charge in [-0.3, -0.25) is 9.59 Å². The lowest BCUT2D eigenvalue weighted by molar-refractivity contribution is -0.338. The topological polar surface area (TPSA) is 263 Å². The van der Waals surface area contributed by atoms with Gasteiger partial charge in [-0.15, -0.1) is 12.3 Å². The Morgan fingerprint density at radius 3 is 2.39 bits per heavy atom. The van der Waals surface area contributed by atoms with Crippen LogP contribution < -0.4 is 15.4 Å². The molecule has 2 saturated heterocycles. The molecule has 2 aromatic rings. The molecule has 278 valence electrons. The zero-order valence-electron chi connectivity index (χ0n) is 27.5. The molecule has 2 amide bonds. The number of carboxylic acids is 1. The van der Waals surface area contributed by atoms with Crippen LogP contribution in [0.4, 0.5) is 0 Å². The van der Waals surface area contributed by atoms with Gasteiger partial charge in [0, 0.05) is 31.9 Å². The van der Waals surface area contributed by atoms with Crippen LogP contribution in [0.3, 0.4) is 0 Å². The maximum atomic E-state index is 12.9. The maximum Gasteiger partial charge on any atom is 0.364 e. The SMILES string of the molecule is C#CCCO[C@@H]1O[C@H](CO[C@@]2(C(=O)O)C[C@H](O)[C@@H](NC(C)=O)[C@H]([C@H](O)[C@H](O)CNC(=O)c3cccc(Oc4ccccc4)c3)O2)[C@H](O)[C@H](O)[C@H]1O. The number of aliphatic hydroxyl groups excluding tert-OH is 6. The van der Waals surface area contributed by atoms with Gasteiger partial charge >= 0.3 is 5.97 Å². The molecule has 9 N–H and O–H groups in total. The van der Waals surface area contributed by atoms with Gasteiger partial charge in [-0.05, 0) is 30.3 Å². The maximum absolute atomic E-state index is 12.9. The highest BCUT2D eigenvalue weighted by atomic mass is 16.7. The van der Waals surface area contributed by atoms with E-state index in [0.717, 1.165) is 6.92 Å². The van der Waals surface area contributed by atoms with Crippen LogP contribution >= 0.6 is 0 Å². The van der Waals surface area contributed by atoms with Gasteiger partial charge in [0.25, 0.3) is 11.7 Å². The van der Waals surface area contributed by atoms with Crippen LogP contribution in [-0.2, 0) is 28.5 Å². The summed E-state index contributed by atoms with van der Waals surface area (Å²) < 4.78 is 27.8. The second-order valence-electron chi connectivity index (χ2n) is 12.0. The van der Waals surface area contributed by atoms with Gasteiger partial charge in [0.2, 0.25) is 5.91 Å². The Hall–Kier alpha value is -4.19. The number of hydrogen-bond donors (Lipinski definition) is 9. The number of amides is 2. The number of rotatable bonds is 15. The van der Waals surface area contributed by atoms with Gasteiger partial charge in [0.1, 0.15) is 48.1 Å². The van der Waals surface area contributed by atoms with E-state index in [4.69, 9.17) is 30.1 Å². The first-order valence-electron chi connectivity index (χ1n) is 16.0. The van der Waals surface area contributed by atoms with Gasteiger partial charge in [-0.2, -0.15) is 0 Å². The summed E-state index contributed by atoms with van der Waals surface area (Å²) in [6.45, 7) is -0.373. The van der Waals surface area contributed by atoms with Crippen molar-refractivity contribution in [2.45, 2.75) is 86.7 Å². The summed E-state index contributed by atoms with van der Waals surface area (Å²) in [5, 5.41) is 79.3. The zero-order valence-corrected chi connectivity index (χ0v) is 27.5. The van der Waals surface area contributed by atoms with Crippen molar-refractivity contribution in [2.24, 2.45) is 0 Å². The molecular weight excluding hydrogens is 676 g/mol. The average Bonchev–Trinajstić information content (AvgIpc) is 3.11. The quantitative estimate of drug-likeness (QED) is 0.0729. The van der Waals surface area contributed by atoms with Crippen molar-refractivity contribution in [3.63, 3.8) is 0 Å². The number of benzene rings is 2. The molecular formula is C34H42N2O15.